The average molecular weight is 339 g/mol. The Bertz CT molecular complexity index is 734. The van der Waals surface area contributed by atoms with Gasteiger partial charge in [0, 0.05) is 30.7 Å². The Labute approximate surface area is 137 Å². The molecule has 0 aliphatic heterocycles. The molecular weight excluding hydrogens is 327 g/mol. The first kappa shape index (κ1) is 16.3. The van der Waals surface area contributed by atoms with Gasteiger partial charge in [-0.1, -0.05) is 41.4 Å². The van der Waals surface area contributed by atoms with Crippen LogP contribution in [0.2, 0.25) is 10.0 Å². The van der Waals surface area contributed by atoms with Crippen molar-refractivity contribution in [3.8, 4) is 0 Å². The van der Waals surface area contributed by atoms with E-state index in [1.165, 1.54) is 17.0 Å². The topological polar surface area (TPSA) is 63.5 Å². The second-order valence-electron chi connectivity index (χ2n) is 4.67. The molecule has 0 aromatic heterocycles. The van der Waals surface area contributed by atoms with Gasteiger partial charge in [-0.2, -0.15) is 0 Å². The Morgan fingerprint density at radius 3 is 2.45 bits per heavy atom. The summed E-state index contributed by atoms with van der Waals surface area (Å²) in [7, 11) is 1.61. The molecule has 0 aliphatic carbocycles. The van der Waals surface area contributed by atoms with Crippen molar-refractivity contribution >= 4 is 34.8 Å². The molecule has 0 unspecified atom stereocenters. The van der Waals surface area contributed by atoms with Crippen LogP contribution in [0.5, 0.6) is 0 Å². The van der Waals surface area contributed by atoms with Crippen molar-refractivity contribution in [3.63, 3.8) is 0 Å². The van der Waals surface area contributed by atoms with Gasteiger partial charge in [-0.05, 0) is 17.7 Å². The number of nitro groups is 1. The maximum absolute atomic E-state index is 12.4. The number of carbonyl (C=O) groups is 1. The van der Waals surface area contributed by atoms with E-state index in [9.17, 15) is 14.9 Å². The lowest BCUT2D eigenvalue weighted by Gasteiger charge is -2.18. The molecule has 0 radical (unpaired) electrons. The number of nitrogens with zero attached hydrogens (tertiary/aromatic N) is 2. The number of halogens is 2. The first-order chi connectivity index (χ1) is 10.4. The third-order valence-corrected chi connectivity index (χ3v) is 3.79. The summed E-state index contributed by atoms with van der Waals surface area (Å²) >= 11 is 12.0. The van der Waals surface area contributed by atoms with Gasteiger partial charge in [0.2, 0.25) is 0 Å². The van der Waals surface area contributed by atoms with Crippen LogP contribution >= 0.6 is 23.2 Å². The molecule has 5 nitrogen and oxygen atoms in total. The SMILES string of the molecule is CN(Cc1ccccc1Cl)C(=O)c1ccc([N+](=O)[O-])cc1Cl. The summed E-state index contributed by atoms with van der Waals surface area (Å²) in [4.78, 5) is 24.0. The fraction of sp³-hybridized carbons (Fsp3) is 0.133. The summed E-state index contributed by atoms with van der Waals surface area (Å²) in [5.41, 5.74) is 0.857. The normalized spacial score (nSPS) is 10.3. The summed E-state index contributed by atoms with van der Waals surface area (Å²) in [5, 5.41) is 11.3. The monoisotopic (exact) mass is 338 g/mol. The van der Waals surface area contributed by atoms with Crippen molar-refractivity contribution in [3.05, 3.63) is 73.8 Å². The van der Waals surface area contributed by atoms with Gasteiger partial charge in [0.25, 0.3) is 11.6 Å². The van der Waals surface area contributed by atoms with Crippen LogP contribution in [0, 0.1) is 10.1 Å². The molecule has 2 aromatic rings. The molecule has 7 heteroatoms. The number of benzene rings is 2. The van der Waals surface area contributed by atoms with Crippen LogP contribution in [0.1, 0.15) is 15.9 Å². The Morgan fingerprint density at radius 1 is 1.18 bits per heavy atom. The Hall–Kier alpha value is -2.11. The molecule has 0 bridgehead atoms. The van der Waals surface area contributed by atoms with Gasteiger partial charge in [0.1, 0.15) is 0 Å². The zero-order chi connectivity index (χ0) is 16.3. The second-order valence-corrected chi connectivity index (χ2v) is 5.49. The van der Waals surface area contributed by atoms with Crippen LogP contribution < -0.4 is 0 Å². The number of non-ortho nitro benzene ring substituents is 1. The number of rotatable bonds is 4. The van der Waals surface area contributed by atoms with Gasteiger partial charge in [-0.3, -0.25) is 14.9 Å². The predicted molar refractivity (Wildman–Crippen MR) is 85.4 cm³/mol. The van der Waals surface area contributed by atoms with E-state index in [0.717, 1.165) is 11.6 Å². The van der Waals surface area contributed by atoms with E-state index in [2.05, 4.69) is 0 Å². The van der Waals surface area contributed by atoms with Crippen molar-refractivity contribution in [1.82, 2.24) is 4.90 Å². The molecular formula is C15H12Cl2N2O3. The third kappa shape index (κ3) is 3.55. The summed E-state index contributed by atoms with van der Waals surface area (Å²) < 4.78 is 0. The number of carbonyl (C=O) groups excluding carboxylic acids is 1. The summed E-state index contributed by atoms with van der Waals surface area (Å²) in [6.07, 6.45) is 0. The zero-order valence-corrected chi connectivity index (χ0v) is 13.1. The molecule has 0 N–H and O–H groups in total. The summed E-state index contributed by atoms with van der Waals surface area (Å²) in [5.74, 6) is -0.334. The number of nitro benzene ring substituents is 1. The molecule has 2 aromatic carbocycles. The molecule has 2 rings (SSSR count). The van der Waals surface area contributed by atoms with Crippen molar-refractivity contribution in [2.75, 3.05) is 7.05 Å². The molecule has 0 spiro atoms. The number of amides is 1. The quantitative estimate of drug-likeness (QED) is 0.620. The summed E-state index contributed by atoms with van der Waals surface area (Å²) in [6, 6.07) is 11.0. The molecule has 0 saturated carbocycles. The average Bonchev–Trinajstić information content (AvgIpc) is 2.48. The largest absolute Gasteiger partial charge is 0.337 e. The molecule has 114 valence electrons. The van der Waals surface area contributed by atoms with Crippen LogP contribution in [-0.2, 0) is 6.54 Å². The smallest absolute Gasteiger partial charge is 0.270 e. The van der Waals surface area contributed by atoms with Gasteiger partial charge in [0.15, 0.2) is 0 Å². The van der Waals surface area contributed by atoms with Gasteiger partial charge in [-0.15, -0.1) is 0 Å². The summed E-state index contributed by atoms with van der Waals surface area (Å²) in [6.45, 7) is 0.311. The highest BCUT2D eigenvalue weighted by molar-refractivity contribution is 6.34. The lowest BCUT2D eigenvalue weighted by atomic mass is 10.1. The molecule has 22 heavy (non-hydrogen) atoms. The van der Waals surface area contributed by atoms with Crippen LogP contribution in [-0.4, -0.2) is 22.8 Å². The van der Waals surface area contributed by atoms with Gasteiger partial charge in [0.05, 0.1) is 15.5 Å². The molecule has 0 fully saturated rings. The lowest BCUT2D eigenvalue weighted by Crippen LogP contribution is -2.26. The van der Waals surface area contributed by atoms with E-state index in [0.29, 0.717) is 11.6 Å². The highest BCUT2D eigenvalue weighted by atomic mass is 35.5. The van der Waals surface area contributed by atoms with E-state index in [-0.39, 0.29) is 22.2 Å². The number of hydrogen-bond acceptors (Lipinski definition) is 3. The third-order valence-electron chi connectivity index (χ3n) is 3.11. The Kier molecular flexibility index (Phi) is 5.00. The first-order valence-electron chi connectivity index (χ1n) is 6.33. The minimum atomic E-state index is -0.562. The van der Waals surface area contributed by atoms with Crippen molar-refractivity contribution in [1.29, 1.82) is 0 Å². The van der Waals surface area contributed by atoms with Crippen molar-refractivity contribution < 1.29 is 9.72 Å². The van der Waals surface area contributed by atoms with E-state index in [4.69, 9.17) is 23.2 Å². The van der Waals surface area contributed by atoms with Crippen LogP contribution in [0.25, 0.3) is 0 Å². The van der Waals surface area contributed by atoms with E-state index in [1.807, 2.05) is 12.1 Å². The van der Waals surface area contributed by atoms with Crippen LogP contribution in [0.3, 0.4) is 0 Å². The molecule has 0 saturated heterocycles. The molecule has 1 amide bonds. The van der Waals surface area contributed by atoms with Gasteiger partial charge in [-0.25, -0.2) is 0 Å². The zero-order valence-electron chi connectivity index (χ0n) is 11.6. The van der Waals surface area contributed by atoms with Crippen LogP contribution in [0.4, 0.5) is 5.69 Å². The van der Waals surface area contributed by atoms with E-state index < -0.39 is 4.92 Å². The van der Waals surface area contributed by atoms with Gasteiger partial charge >= 0.3 is 0 Å². The molecule has 0 aliphatic rings. The lowest BCUT2D eigenvalue weighted by molar-refractivity contribution is -0.384. The fourth-order valence-corrected chi connectivity index (χ4v) is 2.40. The van der Waals surface area contributed by atoms with Crippen LogP contribution in [0.15, 0.2) is 42.5 Å². The van der Waals surface area contributed by atoms with E-state index in [1.54, 1.807) is 19.2 Å². The maximum Gasteiger partial charge on any atom is 0.270 e. The predicted octanol–water partition coefficient (Wildman–Crippen LogP) is 4.17. The fourth-order valence-electron chi connectivity index (χ4n) is 1.95. The first-order valence-corrected chi connectivity index (χ1v) is 7.08. The highest BCUT2D eigenvalue weighted by Gasteiger charge is 2.18. The Balaban J connectivity index is 2.21. The van der Waals surface area contributed by atoms with E-state index >= 15 is 0 Å². The van der Waals surface area contributed by atoms with Gasteiger partial charge < -0.3 is 4.90 Å². The highest BCUT2D eigenvalue weighted by Crippen LogP contribution is 2.24. The van der Waals surface area contributed by atoms with Crippen molar-refractivity contribution in [2.45, 2.75) is 6.54 Å². The Morgan fingerprint density at radius 2 is 1.86 bits per heavy atom. The minimum Gasteiger partial charge on any atom is -0.337 e. The molecule has 0 heterocycles. The standard InChI is InChI=1S/C15H12Cl2N2O3/c1-18(9-10-4-2-3-5-13(10)16)15(20)12-7-6-11(19(21)22)8-14(12)17/h2-8H,9H2,1H3. The second kappa shape index (κ2) is 6.77. The maximum atomic E-state index is 12.4. The molecule has 0 atom stereocenters. The van der Waals surface area contributed by atoms with Crippen molar-refractivity contribution in [2.24, 2.45) is 0 Å². The minimum absolute atomic E-state index is 0.0465. The number of hydrogen-bond donors (Lipinski definition) is 0.